The van der Waals surface area contributed by atoms with Crippen LogP contribution in [0.5, 0.6) is 0 Å². The second kappa shape index (κ2) is 11.1. The first kappa shape index (κ1) is 27.4. The van der Waals surface area contributed by atoms with Crippen molar-refractivity contribution in [1.82, 2.24) is 19.9 Å². The molecule has 1 aliphatic rings. The van der Waals surface area contributed by atoms with Crippen LogP contribution < -0.4 is 27.3 Å². The van der Waals surface area contributed by atoms with Crippen LogP contribution in [0, 0.1) is 0 Å². The molecule has 0 aliphatic carbocycles. The number of nitrogens with one attached hydrogen (secondary N) is 5. The predicted octanol–water partition coefficient (Wildman–Crippen LogP) is 7.72. The van der Waals surface area contributed by atoms with Gasteiger partial charge in [-0.05, 0) is 12.5 Å². The van der Waals surface area contributed by atoms with Crippen molar-refractivity contribution in [3.8, 4) is 0 Å². The summed E-state index contributed by atoms with van der Waals surface area (Å²) in [6, 6.07) is 31.0. The molecular formula is C38H33N9. The zero-order valence-corrected chi connectivity index (χ0v) is 26.0. The maximum absolute atomic E-state index is 5.26. The third kappa shape index (κ3) is 4.62. The summed E-state index contributed by atoms with van der Waals surface area (Å²) in [4.78, 5) is 35.0. The van der Waals surface area contributed by atoms with Gasteiger partial charge in [0.15, 0.2) is 0 Å². The predicted molar refractivity (Wildman–Crippen MR) is 189 cm³/mol. The average molecular weight is 616 g/mol. The van der Waals surface area contributed by atoms with Crippen LogP contribution in [0.3, 0.4) is 0 Å². The van der Waals surface area contributed by atoms with E-state index in [4.69, 9.17) is 20.0 Å². The van der Waals surface area contributed by atoms with Crippen molar-refractivity contribution in [2.75, 3.05) is 11.9 Å². The minimum absolute atomic E-state index is 0.729. The van der Waals surface area contributed by atoms with E-state index in [1.807, 2.05) is 36.4 Å². The van der Waals surface area contributed by atoms with Crippen LogP contribution in [0.2, 0.25) is 0 Å². The number of nitrogens with zero attached hydrogens (tertiary/aromatic N) is 4. The third-order valence-corrected chi connectivity index (χ3v) is 9.06. The summed E-state index contributed by atoms with van der Waals surface area (Å²) in [7, 11) is 0. The Hall–Kier alpha value is -5.96. The molecule has 5 heterocycles. The Morgan fingerprint density at radius 1 is 0.447 bits per heavy atom. The molecule has 0 fully saturated rings. The van der Waals surface area contributed by atoms with Gasteiger partial charge in [0.2, 0.25) is 0 Å². The number of aromatic nitrogens is 4. The van der Waals surface area contributed by atoms with Crippen LogP contribution in [0.4, 0.5) is 29.0 Å². The number of anilines is 1. The first-order valence-corrected chi connectivity index (χ1v) is 16.3. The molecule has 0 unspecified atom stereocenters. The summed E-state index contributed by atoms with van der Waals surface area (Å²) >= 11 is 0. The van der Waals surface area contributed by atoms with Crippen molar-refractivity contribution >= 4 is 72.0 Å². The Balaban J connectivity index is 1.39. The van der Waals surface area contributed by atoms with E-state index in [-0.39, 0.29) is 0 Å². The van der Waals surface area contributed by atoms with Crippen LogP contribution in [0.15, 0.2) is 111 Å². The van der Waals surface area contributed by atoms with Gasteiger partial charge in [-0.1, -0.05) is 111 Å². The smallest absolute Gasteiger partial charge is 0.144 e. The summed E-state index contributed by atoms with van der Waals surface area (Å²) in [6.45, 7) is 3.13. The van der Waals surface area contributed by atoms with Crippen LogP contribution >= 0.6 is 0 Å². The molecule has 0 amide bonds. The molecule has 0 radical (unpaired) electrons. The van der Waals surface area contributed by atoms with Gasteiger partial charge in [-0.25, -0.2) is 20.0 Å². The summed E-state index contributed by atoms with van der Waals surface area (Å²) in [5.41, 5.74) is 3.95. The van der Waals surface area contributed by atoms with Gasteiger partial charge in [0.05, 0.1) is 5.39 Å². The highest BCUT2D eigenvalue weighted by molar-refractivity contribution is 6.07. The Labute approximate surface area is 268 Å². The number of aromatic amines is 4. The van der Waals surface area contributed by atoms with E-state index in [2.05, 4.69) is 86.8 Å². The maximum Gasteiger partial charge on any atom is 0.144 e. The van der Waals surface area contributed by atoms with Crippen molar-refractivity contribution in [3.63, 3.8) is 0 Å². The summed E-state index contributed by atoms with van der Waals surface area (Å²) in [5.74, 6) is 2.92. The van der Waals surface area contributed by atoms with Crippen LogP contribution in [0.25, 0.3) is 43.1 Å². The van der Waals surface area contributed by atoms with E-state index >= 15 is 0 Å². The van der Waals surface area contributed by atoms with Crippen molar-refractivity contribution in [2.45, 2.75) is 32.6 Å². The number of benzene rings is 4. The maximum atomic E-state index is 5.26. The SMILES string of the molecule is CCCCCCNc1cccc2c3[nH]c(c12)N=c1[nH]c(c2ccccc12)=Nc1[nH]c(c2ccccc12)N=c1[nH]c(c2ccccc12)=N3. The van der Waals surface area contributed by atoms with E-state index in [0.717, 1.165) is 107 Å². The van der Waals surface area contributed by atoms with Gasteiger partial charge in [0.25, 0.3) is 0 Å². The number of fused-ring (bicyclic) bond motifs is 20. The van der Waals surface area contributed by atoms with Crippen LogP contribution in [-0.4, -0.2) is 26.5 Å². The number of rotatable bonds is 6. The Morgan fingerprint density at radius 2 is 0.894 bits per heavy atom. The number of hydrogen-bond acceptors (Lipinski definition) is 5. The molecule has 0 spiro atoms. The van der Waals surface area contributed by atoms with Gasteiger partial charge < -0.3 is 25.3 Å². The van der Waals surface area contributed by atoms with Crippen LogP contribution in [-0.2, 0) is 0 Å². The summed E-state index contributed by atoms with van der Waals surface area (Å²) < 4.78 is 0. The first-order chi connectivity index (χ1) is 23.2. The average Bonchev–Trinajstić information content (AvgIpc) is 3.84. The fourth-order valence-corrected chi connectivity index (χ4v) is 6.75. The quantitative estimate of drug-likeness (QED) is 0.121. The molecule has 9 rings (SSSR count). The lowest BCUT2D eigenvalue weighted by Crippen LogP contribution is -2.10. The van der Waals surface area contributed by atoms with Gasteiger partial charge in [-0.3, -0.25) is 0 Å². The van der Waals surface area contributed by atoms with Crippen molar-refractivity contribution < 1.29 is 0 Å². The fraction of sp³-hybridized carbons (Fsp3) is 0.158. The van der Waals surface area contributed by atoms with Gasteiger partial charge in [0.1, 0.15) is 45.2 Å². The molecule has 0 atom stereocenters. The molecule has 5 N–H and O–H groups in total. The molecule has 9 heteroatoms. The third-order valence-electron chi connectivity index (χ3n) is 9.06. The van der Waals surface area contributed by atoms with Crippen molar-refractivity contribution in [2.24, 2.45) is 20.0 Å². The highest BCUT2D eigenvalue weighted by Crippen LogP contribution is 2.39. The zero-order chi connectivity index (χ0) is 31.3. The highest BCUT2D eigenvalue weighted by atomic mass is 15.1. The number of H-pyrrole nitrogens is 4. The topological polar surface area (TPSA) is 125 Å². The summed E-state index contributed by atoms with van der Waals surface area (Å²) in [6.07, 6.45) is 4.77. The molecule has 0 saturated heterocycles. The molecule has 4 aromatic carbocycles. The molecular weight excluding hydrogens is 582 g/mol. The van der Waals surface area contributed by atoms with Crippen molar-refractivity contribution in [3.05, 3.63) is 113 Å². The van der Waals surface area contributed by atoms with Gasteiger partial charge in [-0.2, -0.15) is 0 Å². The number of unbranched alkanes of at least 4 members (excludes halogenated alkanes) is 3. The highest BCUT2D eigenvalue weighted by Gasteiger charge is 2.16. The first-order valence-electron chi connectivity index (χ1n) is 16.3. The molecule has 230 valence electrons. The largest absolute Gasteiger partial charge is 0.384 e. The Bertz CT molecular complexity index is 2720. The second-order valence-corrected chi connectivity index (χ2v) is 12.1. The molecule has 8 aromatic rings. The van der Waals surface area contributed by atoms with E-state index in [1.54, 1.807) is 0 Å². The van der Waals surface area contributed by atoms with E-state index < -0.39 is 0 Å². The monoisotopic (exact) mass is 615 g/mol. The standard InChI is InChI=1S/C38H33N9/c1-2-3-4-11-21-39-29-20-12-19-28-30(29)38-46-36-27-18-10-9-17-26(27)34(44-36)42-32-23-14-6-5-13-22(23)31(40-32)41-33-24-15-7-8-16-25(24)35(43-33)45-37(28)47-38/h5-10,12-20,39H,2-4,11,21H2,1H3,(H4,40,41,42,43,44,45,46,47). The number of hydrogen-bond donors (Lipinski definition) is 5. The van der Waals surface area contributed by atoms with E-state index in [9.17, 15) is 0 Å². The molecule has 47 heavy (non-hydrogen) atoms. The van der Waals surface area contributed by atoms with E-state index in [0.29, 0.717) is 0 Å². The molecule has 4 aromatic heterocycles. The summed E-state index contributed by atoms with van der Waals surface area (Å²) in [5, 5.41) is 11.6. The zero-order valence-electron chi connectivity index (χ0n) is 26.0. The van der Waals surface area contributed by atoms with Gasteiger partial charge in [0, 0.05) is 49.9 Å². The molecule has 0 saturated carbocycles. The lowest BCUT2D eigenvalue weighted by Gasteiger charge is -2.08. The van der Waals surface area contributed by atoms with Crippen LogP contribution in [0.1, 0.15) is 32.6 Å². The molecule has 9 nitrogen and oxygen atoms in total. The Morgan fingerprint density at radius 3 is 1.43 bits per heavy atom. The minimum atomic E-state index is 0.729. The van der Waals surface area contributed by atoms with Gasteiger partial charge in [-0.15, -0.1) is 0 Å². The van der Waals surface area contributed by atoms with Crippen molar-refractivity contribution in [1.29, 1.82) is 0 Å². The second-order valence-electron chi connectivity index (χ2n) is 12.1. The van der Waals surface area contributed by atoms with Gasteiger partial charge >= 0.3 is 0 Å². The minimum Gasteiger partial charge on any atom is -0.384 e. The Kier molecular flexibility index (Phi) is 6.48. The lowest BCUT2D eigenvalue weighted by molar-refractivity contribution is 0.685. The lowest BCUT2D eigenvalue weighted by atomic mass is 10.1. The molecule has 8 bridgehead atoms. The fourth-order valence-electron chi connectivity index (χ4n) is 6.75. The van der Waals surface area contributed by atoms with E-state index in [1.165, 1.54) is 19.3 Å². The molecule has 1 aliphatic heterocycles. The normalized spacial score (nSPS) is 12.6.